The highest BCUT2D eigenvalue weighted by Crippen LogP contribution is 2.27. The summed E-state index contributed by atoms with van der Waals surface area (Å²) in [4.78, 5) is 15.1. The third-order valence-electron chi connectivity index (χ3n) is 5.39. The zero-order valence-corrected chi connectivity index (χ0v) is 15.6. The minimum atomic E-state index is 0.981. The van der Waals surface area contributed by atoms with Crippen molar-refractivity contribution in [2.75, 3.05) is 37.7 Å². The number of aromatic amines is 1. The molecule has 1 aliphatic heterocycles. The molecule has 27 heavy (non-hydrogen) atoms. The number of piperazine rings is 1. The molecule has 0 aliphatic carbocycles. The Morgan fingerprint density at radius 2 is 1.85 bits per heavy atom. The van der Waals surface area contributed by atoms with Crippen molar-refractivity contribution in [3.8, 4) is 11.4 Å². The number of nitrogens with one attached hydrogen (secondary N) is 1. The third kappa shape index (κ3) is 2.86. The zero-order valence-electron chi connectivity index (χ0n) is 15.6. The maximum absolute atomic E-state index is 4.98. The fourth-order valence-corrected chi connectivity index (χ4v) is 4.04. The van der Waals surface area contributed by atoms with Crippen LogP contribution in [-0.4, -0.2) is 57.3 Å². The van der Waals surface area contributed by atoms with Crippen molar-refractivity contribution in [3.05, 3.63) is 48.8 Å². The third-order valence-corrected chi connectivity index (χ3v) is 5.39. The molecule has 0 unspecified atom stereocenters. The first kappa shape index (κ1) is 16.3. The van der Waals surface area contributed by atoms with E-state index in [1.807, 2.05) is 0 Å². The number of imidazole rings is 2. The molecule has 4 aromatic rings. The van der Waals surface area contributed by atoms with Crippen molar-refractivity contribution in [2.45, 2.75) is 13.3 Å². The molecule has 138 valence electrons. The van der Waals surface area contributed by atoms with Crippen molar-refractivity contribution in [2.24, 2.45) is 0 Å². The van der Waals surface area contributed by atoms with Gasteiger partial charge in [0, 0.05) is 31.7 Å². The first-order chi connectivity index (χ1) is 13.3. The van der Waals surface area contributed by atoms with Crippen LogP contribution in [0.15, 0.2) is 48.8 Å². The minimum absolute atomic E-state index is 0.981. The lowest BCUT2D eigenvalue weighted by Crippen LogP contribution is -2.51. The number of aromatic nitrogens is 4. The second kappa shape index (κ2) is 6.70. The van der Waals surface area contributed by atoms with Crippen LogP contribution >= 0.6 is 0 Å². The van der Waals surface area contributed by atoms with Gasteiger partial charge in [0.15, 0.2) is 5.82 Å². The van der Waals surface area contributed by atoms with Gasteiger partial charge in [-0.25, -0.2) is 14.6 Å². The molecule has 1 N–H and O–H groups in total. The largest absolute Gasteiger partial charge is 0.345 e. The Kier molecular flexibility index (Phi) is 4.05. The lowest BCUT2D eigenvalue weighted by molar-refractivity contribution is 0.242. The lowest BCUT2D eigenvalue weighted by atomic mass is 10.2. The Bertz CT molecular complexity index is 1070. The highest BCUT2D eigenvalue weighted by Gasteiger charge is 2.22. The molecule has 3 heterocycles. The summed E-state index contributed by atoms with van der Waals surface area (Å²) in [6.07, 6.45) is 2.95. The van der Waals surface area contributed by atoms with Crippen LogP contribution in [0.4, 0.5) is 0 Å². The quantitative estimate of drug-likeness (QED) is 0.607. The molecule has 0 amide bonds. The van der Waals surface area contributed by atoms with Crippen molar-refractivity contribution < 1.29 is 0 Å². The van der Waals surface area contributed by atoms with E-state index in [4.69, 9.17) is 4.98 Å². The molecule has 6 heteroatoms. The number of fused-ring (bicyclic) bond motifs is 2. The van der Waals surface area contributed by atoms with Gasteiger partial charge in [0.25, 0.3) is 0 Å². The van der Waals surface area contributed by atoms with Gasteiger partial charge in [-0.2, -0.15) is 0 Å². The van der Waals surface area contributed by atoms with Crippen LogP contribution in [0.2, 0.25) is 0 Å². The Balaban J connectivity index is 1.59. The predicted molar refractivity (Wildman–Crippen MR) is 110 cm³/mol. The summed E-state index contributed by atoms with van der Waals surface area (Å²) < 4.78 is 2.32. The zero-order chi connectivity index (χ0) is 18.2. The number of H-pyrrole nitrogens is 1. The summed E-state index contributed by atoms with van der Waals surface area (Å²) in [6, 6.07) is 14.7. The van der Waals surface area contributed by atoms with Gasteiger partial charge in [-0.3, -0.25) is 4.90 Å². The fraction of sp³-hybridized carbons (Fsp3) is 0.333. The first-order valence-electron chi connectivity index (χ1n) is 9.72. The molecular weight excluding hydrogens is 336 g/mol. The molecule has 1 saturated heterocycles. The summed E-state index contributed by atoms with van der Waals surface area (Å²) in [5.74, 6) is 0.997. The average molecular weight is 360 g/mol. The Labute approximate surface area is 158 Å². The van der Waals surface area contributed by atoms with Crippen LogP contribution in [0.1, 0.15) is 13.3 Å². The lowest BCUT2D eigenvalue weighted by Gasteiger charge is -2.37. The van der Waals surface area contributed by atoms with E-state index in [2.05, 4.69) is 73.9 Å². The maximum Gasteiger partial charge on any atom is 0.159 e. The molecule has 5 rings (SSSR count). The summed E-state index contributed by atoms with van der Waals surface area (Å²) in [7, 11) is 0. The van der Waals surface area contributed by atoms with Crippen LogP contribution in [0.5, 0.6) is 0 Å². The monoisotopic (exact) mass is 360 g/mol. The summed E-state index contributed by atoms with van der Waals surface area (Å²) in [5.41, 5.74) is 5.33. The number of benzene rings is 2. The topological polar surface area (TPSA) is 53.0 Å². The van der Waals surface area contributed by atoms with Gasteiger partial charge in [-0.1, -0.05) is 19.1 Å². The van der Waals surface area contributed by atoms with Crippen LogP contribution in [-0.2, 0) is 0 Å². The van der Waals surface area contributed by atoms with Gasteiger partial charge in [0.2, 0.25) is 0 Å². The van der Waals surface area contributed by atoms with E-state index in [0.29, 0.717) is 0 Å². The first-order valence-corrected chi connectivity index (χ1v) is 9.72. The Morgan fingerprint density at radius 1 is 1.00 bits per heavy atom. The average Bonchev–Trinajstić information content (AvgIpc) is 3.32. The number of rotatable bonds is 4. The summed E-state index contributed by atoms with van der Waals surface area (Å²) in [5, 5.41) is 2.44. The second-order valence-corrected chi connectivity index (χ2v) is 7.17. The standard InChI is InChI=1S/C21H24N6/c1-2-9-25-10-12-26(13-11-25)27-20-6-4-3-5-18(20)24-21(27)16-7-8-17-19(14-16)23-15-22-17/h3-8,14-15H,2,9-13H2,1H3,(H,22,23). The van der Waals surface area contributed by atoms with Crippen molar-refractivity contribution in [1.29, 1.82) is 0 Å². The molecule has 1 aliphatic rings. The normalized spacial score (nSPS) is 15.8. The molecule has 6 nitrogen and oxygen atoms in total. The number of para-hydroxylation sites is 2. The highest BCUT2D eigenvalue weighted by molar-refractivity contribution is 5.85. The fourth-order valence-electron chi connectivity index (χ4n) is 4.04. The van der Waals surface area contributed by atoms with Gasteiger partial charge in [0.1, 0.15) is 0 Å². The van der Waals surface area contributed by atoms with Gasteiger partial charge in [0.05, 0.1) is 28.4 Å². The molecule has 0 saturated carbocycles. The van der Waals surface area contributed by atoms with Gasteiger partial charge in [-0.15, -0.1) is 0 Å². The maximum atomic E-state index is 4.98. The Hall–Kier alpha value is -2.86. The number of nitrogens with zero attached hydrogens (tertiary/aromatic N) is 5. The van der Waals surface area contributed by atoms with E-state index < -0.39 is 0 Å². The highest BCUT2D eigenvalue weighted by atomic mass is 15.6. The molecule has 1 fully saturated rings. The van der Waals surface area contributed by atoms with E-state index in [9.17, 15) is 0 Å². The molecular formula is C21H24N6. The van der Waals surface area contributed by atoms with Crippen molar-refractivity contribution in [1.82, 2.24) is 24.5 Å². The van der Waals surface area contributed by atoms with Crippen LogP contribution in [0.25, 0.3) is 33.5 Å². The van der Waals surface area contributed by atoms with Gasteiger partial charge >= 0.3 is 0 Å². The van der Waals surface area contributed by atoms with Crippen molar-refractivity contribution >= 4 is 22.1 Å². The van der Waals surface area contributed by atoms with Crippen molar-refractivity contribution in [3.63, 3.8) is 0 Å². The van der Waals surface area contributed by atoms with Crippen LogP contribution in [0, 0.1) is 0 Å². The predicted octanol–water partition coefficient (Wildman–Crippen LogP) is 3.24. The molecule has 0 bridgehead atoms. The van der Waals surface area contributed by atoms with E-state index in [-0.39, 0.29) is 0 Å². The Morgan fingerprint density at radius 3 is 2.70 bits per heavy atom. The SMILES string of the molecule is CCCN1CCN(n2c(-c3ccc4nc[nH]c4c3)nc3ccccc32)CC1. The summed E-state index contributed by atoms with van der Waals surface area (Å²) >= 11 is 0. The van der Waals surface area contributed by atoms with Gasteiger partial charge < -0.3 is 9.99 Å². The molecule has 2 aromatic heterocycles. The van der Waals surface area contributed by atoms with E-state index >= 15 is 0 Å². The minimum Gasteiger partial charge on any atom is -0.345 e. The van der Waals surface area contributed by atoms with E-state index in [0.717, 1.165) is 54.1 Å². The number of hydrogen-bond acceptors (Lipinski definition) is 4. The van der Waals surface area contributed by atoms with Crippen LogP contribution in [0.3, 0.4) is 0 Å². The van der Waals surface area contributed by atoms with Gasteiger partial charge in [-0.05, 0) is 43.3 Å². The molecule has 0 spiro atoms. The molecule has 0 atom stereocenters. The number of hydrogen-bond donors (Lipinski definition) is 1. The summed E-state index contributed by atoms with van der Waals surface area (Å²) in [6.45, 7) is 7.65. The van der Waals surface area contributed by atoms with Crippen LogP contribution < -0.4 is 5.01 Å². The molecule has 2 aromatic carbocycles. The van der Waals surface area contributed by atoms with E-state index in [1.54, 1.807) is 6.33 Å². The van der Waals surface area contributed by atoms with E-state index in [1.165, 1.54) is 18.5 Å². The smallest absolute Gasteiger partial charge is 0.159 e. The molecule has 0 radical (unpaired) electrons. The second-order valence-electron chi connectivity index (χ2n) is 7.17.